The van der Waals surface area contributed by atoms with Crippen molar-refractivity contribution in [3.8, 4) is 0 Å². The molecule has 0 fully saturated rings. The van der Waals surface area contributed by atoms with E-state index in [0.717, 1.165) is 0 Å². The summed E-state index contributed by atoms with van der Waals surface area (Å²) in [6.07, 6.45) is 1.59. The molecule has 20 heavy (non-hydrogen) atoms. The Balaban J connectivity index is 2.59. The number of aromatic nitrogens is 1. The largest absolute Gasteiger partial charge is 0.383 e. The molecule has 110 valence electrons. The molecule has 0 saturated heterocycles. The van der Waals surface area contributed by atoms with Crippen LogP contribution in [-0.2, 0) is 9.53 Å². The highest BCUT2D eigenvalue weighted by Crippen LogP contribution is 2.10. The zero-order valence-electron chi connectivity index (χ0n) is 11.9. The molecule has 0 aliphatic rings. The molecule has 1 unspecified atom stereocenters. The molecular weight excluding hydrogens is 260 g/mol. The van der Waals surface area contributed by atoms with Crippen molar-refractivity contribution in [2.45, 2.75) is 13.0 Å². The standard InChI is InChI=1S/C13H20N4O3/c1-9(12(18)16-7-8-20-3)17-13(19)10-5-4-6-15-11(10)14-2/h4-6,9H,7-8H2,1-3H3,(H,14,15)(H,16,18)(H,17,19). The average Bonchev–Trinajstić information content (AvgIpc) is 2.47. The van der Waals surface area contributed by atoms with Crippen molar-refractivity contribution < 1.29 is 14.3 Å². The van der Waals surface area contributed by atoms with Crippen molar-refractivity contribution >= 4 is 17.6 Å². The fraction of sp³-hybridized carbons (Fsp3) is 0.462. The highest BCUT2D eigenvalue weighted by molar-refractivity contribution is 6.00. The van der Waals surface area contributed by atoms with Crippen LogP contribution < -0.4 is 16.0 Å². The maximum absolute atomic E-state index is 12.1. The Labute approximate surface area is 118 Å². The number of rotatable bonds is 7. The molecule has 1 heterocycles. The van der Waals surface area contributed by atoms with Gasteiger partial charge < -0.3 is 20.7 Å². The van der Waals surface area contributed by atoms with E-state index < -0.39 is 6.04 Å². The van der Waals surface area contributed by atoms with Crippen LogP contribution in [0.1, 0.15) is 17.3 Å². The van der Waals surface area contributed by atoms with Gasteiger partial charge in [0.25, 0.3) is 5.91 Å². The fourth-order valence-electron chi connectivity index (χ4n) is 1.56. The van der Waals surface area contributed by atoms with Crippen molar-refractivity contribution in [2.24, 2.45) is 0 Å². The second kappa shape index (κ2) is 8.11. The molecule has 0 radical (unpaired) electrons. The Bertz CT molecular complexity index is 465. The molecule has 0 aliphatic heterocycles. The van der Waals surface area contributed by atoms with Crippen LogP contribution in [0.4, 0.5) is 5.82 Å². The molecule has 0 saturated carbocycles. The van der Waals surface area contributed by atoms with Gasteiger partial charge >= 0.3 is 0 Å². The van der Waals surface area contributed by atoms with Crippen molar-refractivity contribution in [3.05, 3.63) is 23.9 Å². The summed E-state index contributed by atoms with van der Waals surface area (Å²) in [7, 11) is 3.24. The summed E-state index contributed by atoms with van der Waals surface area (Å²) < 4.78 is 4.83. The number of methoxy groups -OCH3 is 1. The fourth-order valence-corrected chi connectivity index (χ4v) is 1.56. The number of carbonyl (C=O) groups excluding carboxylic acids is 2. The number of ether oxygens (including phenoxy) is 1. The van der Waals surface area contributed by atoms with Gasteiger partial charge in [-0.3, -0.25) is 9.59 Å². The molecule has 1 atom stereocenters. The predicted octanol–water partition coefficient (Wildman–Crippen LogP) is 0.00420. The predicted molar refractivity (Wildman–Crippen MR) is 75.6 cm³/mol. The lowest BCUT2D eigenvalue weighted by Gasteiger charge is -2.15. The van der Waals surface area contributed by atoms with E-state index in [1.54, 1.807) is 39.4 Å². The quantitative estimate of drug-likeness (QED) is 0.612. The van der Waals surface area contributed by atoms with E-state index in [1.165, 1.54) is 0 Å². The van der Waals surface area contributed by atoms with Crippen LogP contribution in [0.25, 0.3) is 0 Å². The molecular formula is C13H20N4O3. The van der Waals surface area contributed by atoms with E-state index >= 15 is 0 Å². The Morgan fingerprint density at radius 2 is 2.20 bits per heavy atom. The molecule has 2 amide bonds. The Morgan fingerprint density at radius 1 is 1.45 bits per heavy atom. The summed E-state index contributed by atoms with van der Waals surface area (Å²) in [5.74, 6) is -0.140. The van der Waals surface area contributed by atoms with E-state index in [2.05, 4.69) is 20.9 Å². The smallest absolute Gasteiger partial charge is 0.255 e. The van der Waals surface area contributed by atoms with E-state index in [9.17, 15) is 9.59 Å². The van der Waals surface area contributed by atoms with Crippen molar-refractivity contribution in [2.75, 3.05) is 32.6 Å². The topological polar surface area (TPSA) is 92.4 Å². The molecule has 7 nitrogen and oxygen atoms in total. The number of hydrogen-bond donors (Lipinski definition) is 3. The lowest BCUT2D eigenvalue weighted by molar-refractivity contribution is -0.122. The van der Waals surface area contributed by atoms with Gasteiger partial charge in [0.1, 0.15) is 11.9 Å². The van der Waals surface area contributed by atoms with Gasteiger partial charge in [-0.05, 0) is 19.1 Å². The summed E-state index contributed by atoms with van der Waals surface area (Å²) in [5, 5.41) is 8.12. The molecule has 0 aromatic carbocycles. The minimum Gasteiger partial charge on any atom is -0.383 e. The van der Waals surface area contributed by atoms with Crippen LogP contribution in [0.15, 0.2) is 18.3 Å². The van der Waals surface area contributed by atoms with Gasteiger partial charge in [0.05, 0.1) is 12.2 Å². The second-order valence-corrected chi connectivity index (χ2v) is 4.13. The summed E-state index contributed by atoms with van der Waals surface area (Å²) in [6, 6.07) is 2.67. The van der Waals surface area contributed by atoms with Crippen molar-refractivity contribution in [1.82, 2.24) is 15.6 Å². The first-order valence-corrected chi connectivity index (χ1v) is 6.30. The van der Waals surface area contributed by atoms with Crippen LogP contribution in [0.2, 0.25) is 0 Å². The van der Waals surface area contributed by atoms with Crippen LogP contribution in [-0.4, -0.2) is 50.1 Å². The van der Waals surface area contributed by atoms with E-state index in [0.29, 0.717) is 24.5 Å². The molecule has 1 aromatic rings. The number of nitrogens with one attached hydrogen (secondary N) is 3. The first kappa shape index (κ1) is 15.9. The lowest BCUT2D eigenvalue weighted by Crippen LogP contribution is -2.45. The second-order valence-electron chi connectivity index (χ2n) is 4.13. The Morgan fingerprint density at radius 3 is 2.85 bits per heavy atom. The highest BCUT2D eigenvalue weighted by Gasteiger charge is 2.18. The number of nitrogens with zero attached hydrogens (tertiary/aromatic N) is 1. The van der Waals surface area contributed by atoms with E-state index in [1.807, 2.05) is 0 Å². The highest BCUT2D eigenvalue weighted by atomic mass is 16.5. The molecule has 0 aliphatic carbocycles. The number of anilines is 1. The Kier molecular flexibility index (Phi) is 6.45. The maximum Gasteiger partial charge on any atom is 0.255 e. The van der Waals surface area contributed by atoms with Gasteiger partial charge in [0.2, 0.25) is 5.91 Å². The van der Waals surface area contributed by atoms with E-state index in [-0.39, 0.29) is 11.8 Å². The van der Waals surface area contributed by atoms with Gasteiger partial charge in [0, 0.05) is 26.9 Å². The van der Waals surface area contributed by atoms with Crippen LogP contribution in [0, 0.1) is 0 Å². The normalized spacial score (nSPS) is 11.6. The van der Waals surface area contributed by atoms with Gasteiger partial charge in [0.15, 0.2) is 0 Å². The van der Waals surface area contributed by atoms with Gasteiger partial charge in [-0.25, -0.2) is 4.98 Å². The minimum absolute atomic E-state index is 0.259. The molecule has 3 N–H and O–H groups in total. The molecule has 7 heteroatoms. The minimum atomic E-state index is -0.635. The Hall–Kier alpha value is -2.15. The van der Waals surface area contributed by atoms with Crippen LogP contribution >= 0.6 is 0 Å². The monoisotopic (exact) mass is 280 g/mol. The summed E-state index contributed by atoms with van der Waals surface area (Å²) in [5.41, 5.74) is 0.395. The third-order valence-corrected chi connectivity index (χ3v) is 2.64. The van der Waals surface area contributed by atoms with Gasteiger partial charge in [-0.2, -0.15) is 0 Å². The van der Waals surface area contributed by atoms with E-state index in [4.69, 9.17) is 4.74 Å². The zero-order chi connectivity index (χ0) is 15.0. The molecule has 0 bridgehead atoms. The number of carbonyl (C=O) groups is 2. The van der Waals surface area contributed by atoms with Crippen molar-refractivity contribution in [3.63, 3.8) is 0 Å². The number of pyridine rings is 1. The molecule has 1 aromatic heterocycles. The van der Waals surface area contributed by atoms with Gasteiger partial charge in [-0.15, -0.1) is 0 Å². The average molecular weight is 280 g/mol. The summed E-state index contributed by atoms with van der Waals surface area (Å²) in [4.78, 5) is 27.8. The summed E-state index contributed by atoms with van der Waals surface area (Å²) in [6.45, 7) is 2.46. The van der Waals surface area contributed by atoms with Crippen LogP contribution in [0.3, 0.4) is 0 Å². The third-order valence-electron chi connectivity index (χ3n) is 2.64. The van der Waals surface area contributed by atoms with Crippen molar-refractivity contribution in [1.29, 1.82) is 0 Å². The molecule has 1 rings (SSSR count). The van der Waals surface area contributed by atoms with Gasteiger partial charge in [-0.1, -0.05) is 0 Å². The first-order chi connectivity index (χ1) is 9.60. The number of amides is 2. The number of hydrogen-bond acceptors (Lipinski definition) is 5. The summed E-state index contributed by atoms with van der Waals surface area (Å²) >= 11 is 0. The zero-order valence-corrected chi connectivity index (χ0v) is 11.9. The molecule has 0 spiro atoms. The SMILES string of the molecule is CNc1ncccc1C(=O)NC(C)C(=O)NCCOC. The maximum atomic E-state index is 12.1. The van der Waals surface area contributed by atoms with Crippen LogP contribution in [0.5, 0.6) is 0 Å². The first-order valence-electron chi connectivity index (χ1n) is 6.30. The third kappa shape index (κ3) is 4.51. The lowest BCUT2D eigenvalue weighted by atomic mass is 10.2.